The van der Waals surface area contributed by atoms with Gasteiger partial charge >= 0.3 is 0 Å². The predicted molar refractivity (Wildman–Crippen MR) is 64.1 cm³/mol. The van der Waals surface area contributed by atoms with Crippen molar-refractivity contribution < 1.29 is 9.90 Å². The molecule has 1 rings (SSSR count). The Bertz CT molecular complexity index is 223. The fourth-order valence-electron chi connectivity index (χ4n) is 1.54. The lowest BCUT2D eigenvalue weighted by atomic mass is 9.98. The van der Waals surface area contributed by atoms with Crippen LogP contribution in [0.1, 0.15) is 39.5 Å². The van der Waals surface area contributed by atoms with E-state index in [9.17, 15) is 9.90 Å². The van der Waals surface area contributed by atoms with Crippen LogP contribution in [0.2, 0.25) is 0 Å². The van der Waals surface area contributed by atoms with Gasteiger partial charge in [-0.25, -0.2) is 0 Å². The van der Waals surface area contributed by atoms with Crippen molar-refractivity contribution in [1.29, 1.82) is 0 Å². The third-order valence-electron chi connectivity index (χ3n) is 3.35. The first-order valence-electron chi connectivity index (χ1n) is 6.29. The smallest absolute Gasteiger partial charge is 0.234 e. The first kappa shape index (κ1) is 13.5. The van der Waals surface area contributed by atoms with Gasteiger partial charge in [-0.1, -0.05) is 13.8 Å². The summed E-state index contributed by atoms with van der Waals surface area (Å²) in [5.41, 5.74) is -0.744. The van der Waals surface area contributed by atoms with E-state index in [1.165, 1.54) is 12.8 Å². The van der Waals surface area contributed by atoms with Crippen molar-refractivity contribution >= 4 is 5.91 Å². The third-order valence-corrected chi connectivity index (χ3v) is 3.35. The van der Waals surface area contributed by atoms with Crippen LogP contribution in [-0.4, -0.2) is 36.2 Å². The molecule has 1 aliphatic rings. The SMILES string of the molecule is CCC(O)(CC)CNC(=O)CNCC1CC1. The maximum atomic E-state index is 11.4. The minimum atomic E-state index is -0.744. The summed E-state index contributed by atoms with van der Waals surface area (Å²) in [6.45, 7) is 5.52. The molecule has 0 aromatic carbocycles. The van der Waals surface area contributed by atoms with E-state index in [-0.39, 0.29) is 5.91 Å². The van der Waals surface area contributed by atoms with E-state index in [1.54, 1.807) is 0 Å². The number of amides is 1. The van der Waals surface area contributed by atoms with Crippen LogP contribution in [0.25, 0.3) is 0 Å². The number of hydrogen-bond acceptors (Lipinski definition) is 3. The van der Waals surface area contributed by atoms with Gasteiger partial charge in [-0.15, -0.1) is 0 Å². The van der Waals surface area contributed by atoms with E-state index in [2.05, 4.69) is 10.6 Å². The summed E-state index contributed by atoms with van der Waals surface area (Å²) >= 11 is 0. The fourth-order valence-corrected chi connectivity index (χ4v) is 1.54. The summed E-state index contributed by atoms with van der Waals surface area (Å²) in [5, 5.41) is 15.9. The van der Waals surface area contributed by atoms with Crippen LogP contribution in [0, 0.1) is 5.92 Å². The normalized spacial score (nSPS) is 16.2. The minimum Gasteiger partial charge on any atom is -0.388 e. The molecule has 0 saturated heterocycles. The van der Waals surface area contributed by atoms with Gasteiger partial charge in [0, 0.05) is 6.54 Å². The molecular formula is C12H24N2O2. The van der Waals surface area contributed by atoms with Crippen LogP contribution in [0.4, 0.5) is 0 Å². The van der Waals surface area contributed by atoms with Gasteiger partial charge in [0.15, 0.2) is 0 Å². The molecule has 1 amide bonds. The number of carbonyl (C=O) groups is 1. The Balaban J connectivity index is 2.07. The van der Waals surface area contributed by atoms with Crippen molar-refractivity contribution in [1.82, 2.24) is 10.6 Å². The molecule has 16 heavy (non-hydrogen) atoms. The van der Waals surface area contributed by atoms with E-state index >= 15 is 0 Å². The summed E-state index contributed by atoms with van der Waals surface area (Å²) in [5.74, 6) is 0.761. The molecule has 4 nitrogen and oxygen atoms in total. The Hall–Kier alpha value is -0.610. The highest BCUT2D eigenvalue weighted by molar-refractivity contribution is 5.78. The molecule has 0 aromatic heterocycles. The molecule has 0 heterocycles. The second kappa shape index (κ2) is 6.21. The predicted octanol–water partition coefficient (Wildman–Crippen LogP) is 0.653. The molecule has 4 heteroatoms. The Morgan fingerprint density at radius 2 is 2.00 bits per heavy atom. The van der Waals surface area contributed by atoms with E-state index in [4.69, 9.17) is 0 Å². The average molecular weight is 228 g/mol. The van der Waals surface area contributed by atoms with E-state index < -0.39 is 5.60 Å². The van der Waals surface area contributed by atoms with Gasteiger partial charge in [0.25, 0.3) is 0 Å². The number of carbonyl (C=O) groups excluding carboxylic acids is 1. The zero-order chi connectivity index (χ0) is 12.0. The van der Waals surface area contributed by atoms with Crippen LogP contribution in [-0.2, 0) is 4.79 Å². The molecule has 0 radical (unpaired) electrons. The summed E-state index contributed by atoms with van der Waals surface area (Å²) in [4.78, 5) is 11.4. The van der Waals surface area contributed by atoms with Crippen LogP contribution in [0.15, 0.2) is 0 Å². The molecule has 94 valence electrons. The van der Waals surface area contributed by atoms with Crippen molar-refractivity contribution in [3.63, 3.8) is 0 Å². The quantitative estimate of drug-likeness (QED) is 0.572. The monoisotopic (exact) mass is 228 g/mol. The Labute approximate surface area is 97.8 Å². The molecule has 3 N–H and O–H groups in total. The van der Waals surface area contributed by atoms with Gasteiger partial charge in [0.05, 0.1) is 12.1 Å². The highest BCUT2D eigenvalue weighted by Crippen LogP contribution is 2.27. The van der Waals surface area contributed by atoms with Gasteiger partial charge in [-0.3, -0.25) is 4.79 Å². The number of aliphatic hydroxyl groups is 1. The molecule has 0 spiro atoms. The van der Waals surface area contributed by atoms with Gasteiger partial charge in [-0.05, 0) is 38.1 Å². The standard InChI is InChI=1S/C12H24N2O2/c1-3-12(16,4-2)9-14-11(15)8-13-7-10-5-6-10/h10,13,16H,3-9H2,1-2H3,(H,14,15). The fraction of sp³-hybridized carbons (Fsp3) is 0.917. The van der Waals surface area contributed by atoms with Crippen LogP contribution >= 0.6 is 0 Å². The first-order valence-corrected chi connectivity index (χ1v) is 6.29. The van der Waals surface area contributed by atoms with Crippen LogP contribution in [0.3, 0.4) is 0 Å². The summed E-state index contributed by atoms with van der Waals surface area (Å²) in [6, 6.07) is 0. The molecule has 1 saturated carbocycles. The summed E-state index contributed by atoms with van der Waals surface area (Å²) in [6.07, 6.45) is 3.92. The van der Waals surface area contributed by atoms with E-state index in [1.807, 2.05) is 13.8 Å². The van der Waals surface area contributed by atoms with Crippen LogP contribution < -0.4 is 10.6 Å². The topological polar surface area (TPSA) is 61.4 Å². The maximum absolute atomic E-state index is 11.4. The Morgan fingerprint density at radius 3 is 2.50 bits per heavy atom. The van der Waals surface area contributed by atoms with Gasteiger partial charge < -0.3 is 15.7 Å². The van der Waals surface area contributed by atoms with Crippen molar-refractivity contribution in [3.05, 3.63) is 0 Å². The maximum Gasteiger partial charge on any atom is 0.234 e. The van der Waals surface area contributed by atoms with Crippen molar-refractivity contribution in [2.45, 2.75) is 45.1 Å². The summed E-state index contributed by atoms with van der Waals surface area (Å²) in [7, 11) is 0. The lowest BCUT2D eigenvalue weighted by Crippen LogP contribution is -2.44. The minimum absolute atomic E-state index is 0.0269. The number of rotatable bonds is 8. The Kier molecular flexibility index (Phi) is 5.22. The first-order chi connectivity index (χ1) is 7.59. The highest BCUT2D eigenvalue weighted by Gasteiger charge is 2.23. The van der Waals surface area contributed by atoms with E-state index in [0.29, 0.717) is 25.9 Å². The number of nitrogens with one attached hydrogen (secondary N) is 2. The number of hydrogen-bond donors (Lipinski definition) is 3. The molecule has 1 fully saturated rings. The van der Waals surface area contributed by atoms with Crippen molar-refractivity contribution in [3.8, 4) is 0 Å². The van der Waals surface area contributed by atoms with Gasteiger partial charge in [-0.2, -0.15) is 0 Å². The zero-order valence-electron chi connectivity index (χ0n) is 10.4. The molecule has 0 unspecified atom stereocenters. The second-order valence-electron chi connectivity index (χ2n) is 4.78. The van der Waals surface area contributed by atoms with Crippen molar-refractivity contribution in [2.75, 3.05) is 19.6 Å². The summed E-state index contributed by atoms with van der Waals surface area (Å²) < 4.78 is 0. The molecule has 0 aliphatic heterocycles. The molecule has 0 aromatic rings. The highest BCUT2D eigenvalue weighted by atomic mass is 16.3. The van der Waals surface area contributed by atoms with Gasteiger partial charge in [0.2, 0.25) is 5.91 Å². The van der Waals surface area contributed by atoms with E-state index in [0.717, 1.165) is 12.5 Å². The molecule has 0 bridgehead atoms. The lowest BCUT2D eigenvalue weighted by molar-refractivity contribution is -0.121. The molecule has 0 atom stereocenters. The van der Waals surface area contributed by atoms with Gasteiger partial charge in [0.1, 0.15) is 0 Å². The van der Waals surface area contributed by atoms with Crippen LogP contribution in [0.5, 0.6) is 0 Å². The second-order valence-corrected chi connectivity index (χ2v) is 4.78. The largest absolute Gasteiger partial charge is 0.388 e. The van der Waals surface area contributed by atoms with Crippen molar-refractivity contribution in [2.24, 2.45) is 5.92 Å². The third kappa shape index (κ3) is 4.94. The molecule has 1 aliphatic carbocycles. The Morgan fingerprint density at radius 1 is 1.38 bits per heavy atom. The molecular weight excluding hydrogens is 204 g/mol. The zero-order valence-corrected chi connectivity index (χ0v) is 10.4. The average Bonchev–Trinajstić information content (AvgIpc) is 3.10. The lowest BCUT2D eigenvalue weighted by Gasteiger charge is -2.25.